The van der Waals surface area contributed by atoms with Gasteiger partial charge in [0.05, 0.1) is 23.3 Å². The van der Waals surface area contributed by atoms with Crippen LogP contribution in [0.5, 0.6) is 0 Å². The highest BCUT2D eigenvalue weighted by atomic mass is 14.2. The minimum atomic E-state index is 0.673. The van der Waals surface area contributed by atoms with Gasteiger partial charge in [0.1, 0.15) is 0 Å². The van der Waals surface area contributed by atoms with Gasteiger partial charge in [-0.15, -0.1) is 0 Å². The van der Waals surface area contributed by atoms with E-state index in [1.54, 1.807) is 0 Å². The van der Waals surface area contributed by atoms with E-state index < -0.39 is 0 Å². The quantitative estimate of drug-likeness (QED) is 0.202. The van der Waals surface area contributed by atoms with Gasteiger partial charge in [-0.25, -0.2) is 0 Å². The van der Waals surface area contributed by atoms with E-state index in [4.69, 9.17) is 0 Å². The molecule has 0 radical (unpaired) electrons. The monoisotopic (exact) mass is 442 g/mol. The summed E-state index contributed by atoms with van der Waals surface area (Å²) < 4.78 is 0. The van der Waals surface area contributed by atoms with Gasteiger partial charge in [-0.05, 0) is 92.7 Å². The van der Waals surface area contributed by atoms with E-state index in [9.17, 15) is 10.5 Å². The lowest BCUT2D eigenvalue weighted by Gasteiger charge is -2.14. The number of nitrogens with zero attached hydrogens (tertiary/aromatic N) is 2. The fourth-order valence-corrected chi connectivity index (χ4v) is 4.60. The Kier molecular flexibility index (Phi) is 7.41. The molecule has 0 aliphatic rings. The van der Waals surface area contributed by atoms with Crippen molar-refractivity contribution in [3.63, 3.8) is 0 Å². The van der Waals surface area contributed by atoms with Crippen LogP contribution < -0.4 is 0 Å². The lowest BCUT2D eigenvalue weighted by atomic mass is 9.89. The molecule has 0 atom stereocenters. The smallest absolute Gasteiger partial charge is 0.0991 e. The molecule has 0 N–H and O–H groups in total. The van der Waals surface area contributed by atoms with Gasteiger partial charge in [0.15, 0.2) is 0 Å². The van der Waals surface area contributed by atoms with Crippen molar-refractivity contribution in [1.82, 2.24) is 0 Å². The van der Waals surface area contributed by atoms with Crippen LogP contribution >= 0.6 is 0 Å². The molecule has 0 saturated carbocycles. The van der Waals surface area contributed by atoms with Gasteiger partial charge in [0, 0.05) is 0 Å². The standard InChI is InChI=1S/C32H30N2/c1-3-5-7-9-11-29-27-15-13-23(21-33)17-25(27)20-32-30(12-10-8-6-4-2)28-16-14-24(22-34)18-26(28)19-31(29)32/h9-20H,3-8H2,1-2H3/b11-9+,12-10+. The van der Waals surface area contributed by atoms with E-state index in [-0.39, 0.29) is 0 Å². The Morgan fingerprint density at radius 3 is 1.44 bits per heavy atom. The van der Waals surface area contributed by atoms with Gasteiger partial charge in [-0.2, -0.15) is 10.5 Å². The molecule has 0 aromatic heterocycles. The third-order valence-corrected chi connectivity index (χ3v) is 6.43. The first-order chi connectivity index (χ1) is 16.7. The van der Waals surface area contributed by atoms with Crippen LogP contribution in [-0.2, 0) is 0 Å². The molecular formula is C32H30N2. The van der Waals surface area contributed by atoms with Crippen molar-refractivity contribution >= 4 is 44.5 Å². The van der Waals surface area contributed by atoms with Gasteiger partial charge >= 0.3 is 0 Å². The molecule has 4 aromatic carbocycles. The average molecular weight is 443 g/mol. The van der Waals surface area contributed by atoms with Crippen LogP contribution in [0.25, 0.3) is 44.5 Å². The molecule has 2 heteroatoms. The maximum atomic E-state index is 9.49. The van der Waals surface area contributed by atoms with Gasteiger partial charge in [-0.1, -0.05) is 76.0 Å². The summed E-state index contributed by atoms with van der Waals surface area (Å²) in [7, 11) is 0. The summed E-state index contributed by atoms with van der Waals surface area (Å²) >= 11 is 0. The third-order valence-electron chi connectivity index (χ3n) is 6.43. The van der Waals surface area contributed by atoms with Crippen molar-refractivity contribution in [2.45, 2.75) is 52.4 Å². The minimum Gasteiger partial charge on any atom is -0.192 e. The number of unbranched alkanes of at least 4 members (excludes halogenated alkanes) is 4. The second-order valence-corrected chi connectivity index (χ2v) is 8.86. The number of fused-ring (bicyclic) bond motifs is 3. The molecule has 4 aromatic rings. The Morgan fingerprint density at radius 2 is 1.06 bits per heavy atom. The highest BCUT2D eigenvalue weighted by Gasteiger charge is 2.13. The number of hydrogen-bond acceptors (Lipinski definition) is 2. The first kappa shape index (κ1) is 23.3. The van der Waals surface area contributed by atoms with Crippen molar-refractivity contribution in [1.29, 1.82) is 10.5 Å². The third kappa shape index (κ3) is 4.73. The summed E-state index contributed by atoms with van der Waals surface area (Å²) in [6.45, 7) is 4.42. The van der Waals surface area contributed by atoms with Crippen LogP contribution in [0.1, 0.15) is 74.6 Å². The molecule has 0 spiro atoms. The van der Waals surface area contributed by atoms with Gasteiger partial charge in [0.2, 0.25) is 0 Å². The molecule has 0 heterocycles. The Labute approximate surface area is 202 Å². The highest BCUT2D eigenvalue weighted by molar-refractivity contribution is 6.15. The molecule has 0 aliphatic carbocycles. The van der Waals surface area contributed by atoms with Gasteiger partial charge < -0.3 is 0 Å². The molecule has 0 fully saturated rings. The maximum Gasteiger partial charge on any atom is 0.0991 e. The Balaban J connectivity index is 2.09. The van der Waals surface area contributed by atoms with Crippen molar-refractivity contribution in [3.05, 3.63) is 82.9 Å². The molecule has 2 nitrogen and oxygen atoms in total. The zero-order chi connectivity index (χ0) is 23.9. The molecule has 0 bridgehead atoms. The lowest BCUT2D eigenvalue weighted by molar-refractivity contribution is 0.816. The van der Waals surface area contributed by atoms with Crippen molar-refractivity contribution in [2.75, 3.05) is 0 Å². The summed E-state index contributed by atoms with van der Waals surface area (Å²) in [4.78, 5) is 0. The summed E-state index contributed by atoms with van der Waals surface area (Å²) in [5.74, 6) is 0. The zero-order valence-electron chi connectivity index (χ0n) is 20.1. The van der Waals surface area contributed by atoms with Crippen molar-refractivity contribution in [2.24, 2.45) is 0 Å². The second kappa shape index (κ2) is 10.8. The van der Waals surface area contributed by atoms with Gasteiger partial charge in [0.25, 0.3) is 0 Å². The van der Waals surface area contributed by atoms with Gasteiger partial charge in [-0.3, -0.25) is 0 Å². The van der Waals surface area contributed by atoms with E-state index >= 15 is 0 Å². The fourth-order valence-electron chi connectivity index (χ4n) is 4.60. The fraction of sp³-hybridized carbons (Fsp3) is 0.250. The van der Waals surface area contributed by atoms with Crippen LogP contribution in [0.3, 0.4) is 0 Å². The summed E-state index contributed by atoms with van der Waals surface area (Å²) in [6, 6.07) is 21.0. The predicted molar refractivity (Wildman–Crippen MR) is 146 cm³/mol. The Bertz CT molecular complexity index is 1370. The van der Waals surface area contributed by atoms with E-state index in [0.29, 0.717) is 11.1 Å². The zero-order valence-corrected chi connectivity index (χ0v) is 20.1. The Hall–Kier alpha value is -3.88. The van der Waals surface area contributed by atoms with Crippen LogP contribution in [0.4, 0.5) is 0 Å². The molecule has 4 rings (SSSR count). The van der Waals surface area contributed by atoms with Crippen LogP contribution in [-0.4, -0.2) is 0 Å². The van der Waals surface area contributed by atoms with E-state index in [2.05, 4.69) is 74.6 Å². The molecule has 0 saturated heterocycles. The van der Waals surface area contributed by atoms with Crippen LogP contribution in [0, 0.1) is 22.7 Å². The highest BCUT2D eigenvalue weighted by Crippen LogP contribution is 2.37. The van der Waals surface area contributed by atoms with E-state index in [1.165, 1.54) is 34.7 Å². The average Bonchev–Trinajstić information content (AvgIpc) is 2.87. The largest absolute Gasteiger partial charge is 0.192 e. The molecule has 0 aliphatic heterocycles. The van der Waals surface area contributed by atoms with Crippen molar-refractivity contribution in [3.8, 4) is 12.1 Å². The lowest BCUT2D eigenvalue weighted by Crippen LogP contribution is -1.90. The maximum absolute atomic E-state index is 9.49. The number of benzene rings is 4. The van der Waals surface area contributed by atoms with E-state index in [0.717, 1.165) is 47.2 Å². The molecule has 168 valence electrons. The first-order valence-corrected chi connectivity index (χ1v) is 12.3. The molecule has 0 unspecified atom stereocenters. The SMILES string of the molecule is CCCC/C=C/c1c2ccc(C#N)cc2cc2c(/C=C/CCCC)c3ccc(C#N)cc3cc12. The minimum absolute atomic E-state index is 0.673. The van der Waals surface area contributed by atoms with Crippen LogP contribution in [0.2, 0.25) is 0 Å². The first-order valence-electron chi connectivity index (χ1n) is 12.3. The summed E-state index contributed by atoms with van der Waals surface area (Å²) in [6.07, 6.45) is 15.8. The number of rotatable bonds is 8. The number of nitriles is 2. The van der Waals surface area contributed by atoms with E-state index in [1.807, 2.05) is 24.3 Å². The number of hydrogen-bond donors (Lipinski definition) is 0. The summed E-state index contributed by atoms with van der Waals surface area (Å²) in [5, 5.41) is 25.8. The number of allylic oxidation sites excluding steroid dienone is 2. The van der Waals surface area contributed by atoms with Crippen LogP contribution in [0.15, 0.2) is 60.7 Å². The van der Waals surface area contributed by atoms with Crippen molar-refractivity contribution < 1.29 is 0 Å². The predicted octanol–water partition coefficient (Wildman–Crippen LogP) is 9.30. The molecule has 34 heavy (non-hydrogen) atoms. The Morgan fingerprint density at radius 1 is 0.618 bits per heavy atom. The molecule has 0 amide bonds. The normalized spacial score (nSPS) is 11.6. The topological polar surface area (TPSA) is 47.6 Å². The molecular weight excluding hydrogens is 412 g/mol. The second-order valence-electron chi connectivity index (χ2n) is 8.86. The summed E-state index contributed by atoms with van der Waals surface area (Å²) in [5.41, 5.74) is 3.71.